The Bertz CT molecular complexity index is 1080. The van der Waals surface area contributed by atoms with Crippen LogP contribution in [0.2, 0.25) is 0 Å². The minimum atomic E-state index is 0.0856. The quantitative estimate of drug-likeness (QED) is 0.544. The number of carbonyl (C=O) groups excluding carboxylic acids is 1. The molecule has 3 heterocycles. The third-order valence-electron chi connectivity index (χ3n) is 5.09. The first-order valence-electron chi connectivity index (χ1n) is 9.25. The fraction of sp³-hybridized carbons (Fsp3) is 0.182. The van der Waals surface area contributed by atoms with Gasteiger partial charge >= 0.3 is 0 Å². The Morgan fingerprint density at radius 1 is 1.00 bits per heavy atom. The van der Waals surface area contributed by atoms with Crippen LogP contribution in [0.5, 0.6) is 0 Å². The first-order valence-corrected chi connectivity index (χ1v) is 9.25. The molecule has 3 aromatic heterocycles. The fourth-order valence-corrected chi connectivity index (χ4v) is 3.48. The van der Waals surface area contributed by atoms with Crippen molar-refractivity contribution in [2.45, 2.75) is 25.4 Å². The maximum Gasteiger partial charge on any atom is 0.254 e. The predicted molar refractivity (Wildman–Crippen MR) is 104 cm³/mol. The largest absolute Gasteiger partial charge is 0.330 e. The molecule has 5 heteroatoms. The van der Waals surface area contributed by atoms with Crippen LogP contribution in [0.3, 0.4) is 0 Å². The molecule has 0 unspecified atom stereocenters. The zero-order valence-corrected chi connectivity index (χ0v) is 14.9. The van der Waals surface area contributed by atoms with Crippen LogP contribution in [-0.4, -0.2) is 30.8 Å². The molecule has 0 aliphatic heterocycles. The van der Waals surface area contributed by atoms with Crippen LogP contribution in [0.15, 0.2) is 79.4 Å². The van der Waals surface area contributed by atoms with Crippen LogP contribution in [0.25, 0.3) is 11.3 Å². The van der Waals surface area contributed by atoms with Crippen molar-refractivity contribution in [2.75, 3.05) is 0 Å². The average Bonchev–Trinajstić information content (AvgIpc) is 3.25. The highest BCUT2D eigenvalue weighted by molar-refractivity contribution is 5.94. The Balaban J connectivity index is 1.41. The summed E-state index contributed by atoms with van der Waals surface area (Å²) in [7, 11) is 0. The molecule has 0 spiro atoms. The monoisotopic (exact) mass is 356 g/mol. The van der Waals surface area contributed by atoms with Crippen molar-refractivity contribution >= 4 is 11.6 Å². The molecule has 0 atom stereocenters. The third-order valence-corrected chi connectivity index (χ3v) is 5.09. The second-order valence-electron chi connectivity index (χ2n) is 6.98. The van der Waals surface area contributed by atoms with E-state index in [0.29, 0.717) is 12.6 Å². The molecule has 1 amide bonds. The summed E-state index contributed by atoms with van der Waals surface area (Å²) in [5.74, 6) is 0.0856. The number of rotatable bonds is 5. The number of pyridine rings is 1. The van der Waals surface area contributed by atoms with E-state index < -0.39 is 0 Å². The van der Waals surface area contributed by atoms with E-state index in [1.165, 1.54) is 0 Å². The number of hydrogen-bond acceptors (Lipinski definition) is 2. The highest BCUT2D eigenvalue weighted by Gasteiger charge is 2.33. The molecule has 4 aromatic rings. The van der Waals surface area contributed by atoms with Gasteiger partial charge in [-0.05, 0) is 61.4 Å². The minimum Gasteiger partial charge on any atom is -0.330 e. The molecule has 1 aliphatic carbocycles. The van der Waals surface area contributed by atoms with E-state index in [2.05, 4.69) is 9.38 Å². The van der Waals surface area contributed by atoms with Crippen LogP contribution < -0.4 is 0 Å². The molecule has 134 valence electrons. The summed E-state index contributed by atoms with van der Waals surface area (Å²) in [6, 6.07) is 18.1. The second-order valence-corrected chi connectivity index (χ2v) is 6.98. The number of carbonyl (C=O) groups is 1. The molecule has 0 saturated heterocycles. The van der Waals surface area contributed by atoms with Crippen molar-refractivity contribution in [3.8, 4) is 5.69 Å². The Morgan fingerprint density at radius 2 is 1.74 bits per heavy atom. The van der Waals surface area contributed by atoms with E-state index in [0.717, 1.165) is 35.4 Å². The van der Waals surface area contributed by atoms with Crippen LogP contribution in [0.4, 0.5) is 0 Å². The van der Waals surface area contributed by atoms with Crippen LogP contribution in [0, 0.1) is 0 Å². The summed E-state index contributed by atoms with van der Waals surface area (Å²) < 4.78 is 4.09. The lowest BCUT2D eigenvalue weighted by Gasteiger charge is -2.22. The molecule has 0 bridgehead atoms. The van der Waals surface area contributed by atoms with Crippen LogP contribution >= 0.6 is 0 Å². The van der Waals surface area contributed by atoms with Crippen molar-refractivity contribution in [1.29, 1.82) is 0 Å². The molecule has 5 rings (SSSR count). The smallest absolute Gasteiger partial charge is 0.254 e. The van der Waals surface area contributed by atoms with E-state index in [-0.39, 0.29) is 5.91 Å². The zero-order valence-electron chi connectivity index (χ0n) is 14.9. The molecule has 1 aliphatic rings. The van der Waals surface area contributed by atoms with Crippen molar-refractivity contribution in [2.24, 2.45) is 0 Å². The number of fused-ring (bicyclic) bond motifs is 1. The van der Waals surface area contributed by atoms with Gasteiger partial charge in [0.1, 0.15) is 5.65 Å². The molecule has 1 saturated carbocycles. The number of aromatic nitrogens is 3. The molecular formula is C22H20N4O. The summed E-state index contributed by atoms with van der Waals surface area (Å²) in [6.07, 6.45) is 10.0. The summed E-state index contributed by atoms with van der Waals surface area (Å²) in [5.41, 5.74) is 3.73. The summed E-state index contributed by atoms with van der Waals surface area (Å²) in [4.78, 5) is 19.6. The molecule has 5 nitrogen and oxygen atoms in total. The molecular weight excluding hydrogens is 336 g/mol. The lowest BCUT2D eigenvalue weighted by molar-refractivity contribution is 0.0727. The lowest BCUT2D eigenvalue weighted by Crippen LogP contribution is -2.33. The maximum atomic E-state index is 13.2. The topological polar surface area (TPSA) is 42.5 Å². The standard InChI is InChI=1S/C22H20N4O/c27-22(17-6-8-18(9-7-17)24-12-3-4-13-24)26(19-10-11-19)16-20-15-23-21-5-1-2-14-25(20)21/h1-9,12-15,19H,10-11,16H2. The Labute approximate surface area is 157 Å². The number of benzene rings is 1. The Kier molecular flexibility index (Phi) is 3.78. The molecule has 1 fully saturated rings. The van der Waals surface area contributed by atoms with E-state index in [9.17, 15) is 4.79 Å². The zero-order chi connectivity index (χ0) is 18.2. The lowest BCUT2D eigenvalue weighted by atomic mass is 10.1. The van der Waals surface area contributed by atoms with Crippen molar-refractivity contribution in [3.05, 3.63) is 90.6 Å². The molecule has 1 aromatic carbocycles. The van der Waals surface area contributed by atoms with E-state index in [1.807, 2.05) is 88.9 Å². The van der Waals surface area contributed by atoms with Gasteiger partial charge in [-0.25, -0.2) is 4.98 Å². The van der Waals surface area contributed by atoms with Gasteiger partial charge < -0.3 is 13.9 Å². The van der Waals surface area contributed by atoms with Gasteiger partial charge in [0.25, 0.3) is 5.91 Å². The van der Waals surface area contributed by atoms with E-state index >= 15 is 0 Å². The summed E-state index contributed by atoms with van der Waals surface area (Å²) in [6.45, 7) is 0.577. The van der Waals surface area contributed by atoms with Gasteiger partial charge in [0.15, 0.2) is 0 Å². The Morgan fingerprint density at radius 3 is 2.48 bits per heavy atom. The van der Waals surface area contributed by atoms with Crippen molar-refractivity contribution < 1.29 is 4.79 Å². The second kappa shape index (κ2) is 6.43. The maximum absolute atomic E-state index is 13.2. The highest BCUT2D eigenvalue weighted by atomic mass is 16.2. The molecule has 0 radical (unpaired) electrons. The van der Waals surface area contributed by atoms with Crippen molar-refractivity contribution in [1.82, 2.24) is 18.9 Å². The number of hydrogen-bond donors (Lipinski definition) is 0. The summed E-state index contributed by atoms with van der Waals surface area (Å²) in [5, 5.41) is 0. The summed E-state index contributed by atoms with van der Waals surface area (Å²) >= 11 is 0. The van der Waals surface area contributed by atoms with Gasteiger partial charge in [-0.2, -0.15) is 0 Å². The van der Waals surface area contributed by atoms with Gasteiger partial charge in [-0.15, -0.1) is 0 Å². The SMILES string of the molecule is O=C(c1ccc(-n2cccc2)cc1)N(Cc1cnc2ccccn12)C1CC1. The van der Waals surface area contributed by atoms with Crippen LogP contribution in [-0.2, 0) is 6.54 Å². The normalized spacial score (nSPS) is 13.8. The third kappa shape index (κ3) is 3.01. The van der Waals surface area contributed by atoms with E-state index in [1.54, 1.807) is 0 Å². The minimum absolute atomic E-state index is 0.0856. The van der Waals surface area contributed by atoms with Gasteiger partial charge in [-0.3, -0.25) is 4.79 Å². The predicted octanol–water partition coefficient (Wildman–Crippen LogP) is 3.93. The van der Waals surface area contributed by atoms with Crippen molar-refractivity contribution in [3.63, 3.8) is 0 Å². The fourth-order valence-electron chi connectivity index (χ4n) is 3.48. The van der Waals surface area contributed by atoms with Crippen LogP contribution in [0.1, 0.15) is 28.9 Å². The highest BCUT2D eigenvalue weighted by Crippen LogP contribution is 2.30. The first kappa shape index (κ1) is 15.9. The Hall–Kier alpha value is -3.34. The van der Waals surface area contributed by atoms with Gasteiger partial charge in [-0.1, -0.05) is 6.07 Å². The number of imidazole rings is 1. The van der Waals surface area contributed by atoms with Gasteiger partial charge in [0.2, 0.25) is 0 Å². The van der Waals surface area contributed by atoms with Gasteiger partial charge in [0, 0.05) is 35.9 Å². The first-order chi connectivity index (χ1) is 13.3. The number of nitrogens with zero attached hydrogens (tertiary/aromatic N) is 4. The molecule has 0 N–H and O–H groups in total. The van der Waals surface area contributed by atoms with E-state index in [4.69, 9.17) is 0 Å². The molecule has 27 heavy (non-hydrogen) atoms. The van der Waals surface area contributed by atoms with Gasteiger partial charge in [0.05, 0.1) is 18.4 Å². The average molecular weight is 356 g/mol. The number of amides is 1.